The van der Waals surface area contributed by atoms with Crippen LogP contribution in [0.25, 0.3) is 5.69 Å². The van der Waals surface area contributed by atoms with E-state index >= 15 is 0 Å². The van der Waals surface area contributed by atoms with Gasteiger partial charge in [-0.2, -0.15) is 10.4 Å². The monoisotopic (exact) mass is 322 g/mol. The number of hydrogen-bond donors (Lipinski definition) is 1. The molecule has 3 rings (SSSR count). The Morgan fingerprint density at radius 1 is 1.13 bits per heavy atom. The number of aromatic nitrogens is 2. The minimum atomic E-state index is -0.375. The molecule has 1 heterocycles. The highest BCUT2D eigenvalue weighted by Gasteiger charge is 2.23. The number of hydrogen-bond acceptors (Lipinski definition) is 4. The van der Waals surface area contributed by atoms with Gasteiger partial charge < -0.3 is 5.73 Å². The molecular weight excluding hydrogens is 312 g/mol. The maximum atomic E-state index is 12.6. The first-order chi connectivity index (χ1) is 11.1. The van der Waals surface area contributed by atoms with Gasteiger partial charge in [0.05, 0.1) is 5.69 Å². The Kier molecular flexibility index (Phi) is 3.83. The summed E-state index contributed by atoms with van der Waals surface area (Å²) in [5, 5.41) is 14.1. The highest BCUT2D eigenvalue weighted by molar-refractivity contribution is 6.30. The number of ketones is 1. The molecule has 2 N–H and O–H groups in total. The fraction of sp³-hybridized carbons (Fsp3) is 0. The number of carbonyl (C=O) groups excluding carboxylic acids is 1. The van der Waals surface area contributed by atoms with Crippen LogP contribution < -0.4 is 5.73 Å². The topological polar surface area (TPSA) is 84.7 Å². The molecule has 0 aliphatic heterocycles. The molecule has 0 radical (unpaired) electrons. The van der Waals surface area contributed by atoms with Crippen molar-refractivity contribution in [3.8, 4) is 11.8 Å². The Balaban J connectivity index is 2.11. The van der Waals surface area contributed by atoms with E-state index in [0.29, 0.717) is 16.3 Å². The van der Waals surface area contributed by atoms with Crippen molar-refractivity contribution in [1.82, 2.24) is 9.78 Å². The number of carbonyl (C=O) groups is 1. The lowest BCUT2D eigenvalue weighted by molar-refractivity contribution is 0.103. The number of nitrogens with two attached hydrogens (primary N) is 1. The van der Waals surface area contributed by atoms with Gasteiger partial charge in [-0.05, 0) is 36.4 Å². The molecule has 0 saturated heterocycles. The highest BCUT2D eigenvalue weighted by atomic mass is 35.5. The molecule has 3 aromatic rings. The number of rotatable bonds is 3. The van der Waals surface area contributed by atoms with Crippen LogP contribution in [-0.4, -0.2) is 15.6 Å². The first-order valence-electron chi connectivity index (χ1n) is 6.76. The Morgan fingerprint density at radius 3 is 2.39 bits per heavy atom. The van der Waals surface area contributed by atoms with Crippen LogP contribution in [0.15, 0.2) is 54.6 Å². The Bertz CT molecular complexity index is 908. The van der Waals surface area contributed by atoms with Gasteiger partial charge in [-0.25, -0.2) is 4.68 Å². The number of nitriles is 1. The minimum Gasteiger partial charge on any atom is -0.382 e. The first-order valence-corrected chi connectivity index (χ1v) is 7.14. The van der Waals surface area contributed by atoms with E-state index in [0.717, 1.165) is 0 Å². The van der Waals surface area contributed by atoms with Gasteiger partial charge in [0.25, 0.3) is 0 Å². The summed E-state index contributed by atoms with van der Waals surface area (Å²) in [6.07, 6.45) is 0. The van der Waals surface area contributed by atoms with Crippen molar-refractivity contribution in [1.29, 1.82) is 5.26 Å². The van der Waals surface area contributed by atoms with Crippen molar-refractivity contribution in [3.05, 3.63) is 76.4 Å². The fourth-order valence-corrected chi connectivity index (χ4v) is 2.33. The average molecular weight is 323 g/mol. The van der Waals surface area contributed by atoms with Gasteiger partial charge >= 0.3 is 0 Å². The molecule has 2 aromatic carbocycles. The predicted molar refractivity (Wildman–Crippen MR) is 87.6 cm³/mol. The molecule has 1 aromatic heterocycles. The normalized spacial score (nSPS) is 10.3. The van der Waals surface area contributed by atoms with Crippen LogP contribution in [0.1, 0.15) is 21.6 Å². The van der Waals surface area contributed by atoms with E-state index in [9.17, 15) is 10.1 Å². The summed E-state index contributed by atoms with van der Waals surface area (Å²) in [5.74, 6) is -0.240. The van der Waals surface area contributed by atoms with E-state index in [1.165, 1.54) is 4.68 Å². The van der Waals surface area contributed by atoms with Gasteiger partial charge in [0.2, 0.25) is 5.78 Å². The third-order valence-corrected chi connectivity index (χ3v) is 3.61. The SMILES string of the molecule is N#Cc1c(C(=O)c2ccc(Cl)cc2)nn(-c2ccccc2)c1N. The lowest BCUT2D eigenvalue weighted by atomic mass is 10.1. The molecule has 0 saturated carbocycles. The van der Waals surface area contributed by atoms with Crippen LogP contribution >= 0.6 is 11.6 Å². The van der Waals surface area contributed by atoms with E-state index in [2.05, 4.69) is 5.10 Å². The minimum absolute atomic E-state index is 0.0242. The number of nitrogens with zero attached hydrogens (tertiary/aromatic N) is 3. The summed E-state index contributed by atoms with van der Waals surface area (Å²) in [5.41, 5.74) is 7.15. The predicted octanol–water partition coefficient (Wildman–Crippen LogP) is 3.21. The third-order valence-electron chi connectivity index (χ3n) is 3.36. The number of para-hydroxylation sites is 1. The summed E-state index contributed by atoms with van der Waals surface area (Å²) in [4.78, 5) is 12.6. The van der Waals surface area contributed by atoms with Crippen LogP contribution in [0.2, 0.25) is 5.02 Å². The molecule has 0 fully saturated rings. The van der Waals surface area contributed by atoms with Crippen LogP contribution in [0.4, 0.5) is 5.82 Å². The second-order valence-electron chi connectivity index (χ2n) is 4.80. The van der Waals surface area contributed by atoms with E-state index in [-0.39, 0.29) is 22.9 Å². The Morgan fingerprint density at radius 2 is 1.78 bits per heavy atom. The highest BCUT2D eigenvalue weighted by Crippen LogP contribution is 2.23. The van der Waals surface area contributed by atoms with Gasteiger partial charge in [0.1, 0.15) is 17.5 Å². The van der Waals surface area contributed by atoms with Gasteiger partial charge in [-0.15, -0.1) is 0 Å². The lowest BCUT2D eigenvalue weighted by Gasteiger charge is -2.02. The van der Waals surface area contributed by atoms with Crippen LogP contribution in [0, 0.1) is 11.3 Å². The van der Waals surface area contributed by atoms with Crippen LogP contribution in [-0.2, 0) is 0 Å². The zero-order valence-electron chi connectivity index (χ0n) is 11.9. The fourth-order valence-electron chi connectivity index (χ4n) is 2.20. The molecular formula is C17H11ClN4O. The summed E-state index contributed by atoms with van der Waals surface area (Å²) < 4.78 is 1.39. The maximum Gasteiger partial charge on any atom is 0.214 e. The standard InChI is InChI=1S/C17H11ClN4O/c18-12-8-6-11(7-9-12)16(23)15-14(10-19)17(20)22(21-15)13-4-2-1-3-5-13/h1-9H,20H2. The van der Waals surface area contributed by atoms with E-state index < -0.39 is 0 Å². The Labute approximate surface area is 137 Å². The van der Waals surface area contributed by atoms with Crippen molar-refractivity contribution in [2.75, 3.05) is 5.73 Å². The molecule has 0 spiro atoms. The van der Waals surface area contributed by atoms with Crippen LogP contribution in [0.3, 0.4) is 0 Å². The smallest absolute Gasteiger partial charge is 0.214 e. The summed E-state index contributed by atoms with van der Waals surface area (Å²) in [7, 11) is 0. The number of nitrogen functional groups attached to an aromatic ring is 1. The van der Waals surface area contributed by atoms with Crippen molar-refractivity contribution in [3.63, 3.8) is 0 Å². The van der Waals surface area contributed by atoms with Crippen molar-refractivity contribution >= 4 is 23.2 Å². The van der Waals surface area contributed by atoms with Gasteiger partial charge in [-0.3, -0.25) is 4.79 Å². The molecule has 0 bridgehead atoms. The average Bonchev–Trinajstić information content (AvgIpc) is 2.92. The third kappa shape index (κ3) is 2.68. The first kappa shape index (κ1) is 14.8. The van der Waals surface area contributed by atoms with Crippen molar-refractivity contribution in [2.45, 2.75) is 0 Å². The number of halogens is 1. The van der Waals surface area contributed by atoms with Gasteiger partial charge in [0, 0.05) is 10.6 Å². The van der Waals surface area contributed by atoms with Gasteiger partial charge in [0.15, 0.2) is 5.69 Å². The van der Waals surface area contributed by atoms with Crippen molar-refractivity contribution in [2.24, 2.45) is 0 Å². The molecule has 6 heteroatoms. The quantitative estimate of drug-likeness (QED) is 0.750. The lowest BCUT2D eigenvalue weighted by Crippen LogP contribution is -2.05. The van der Waals surface area contributed by atoms with Crippen LogP contribution in [0.5, 0.6) is 0 Å². The molecule has 5 nitrogen and oxygen atoms in total. The summed E-state index contributed by atoms with van der Waals surface area (Å²) in [6, 6.07) is 17.4. The molecule has 0 atom stereocenters. The number of benzene rings is 2. The largest absolute Gasteiger partial charge is 0.382 e. The summed E-state index contributed by atoms with van der Waals surface area (Å²) in [6.45, 7) is 0. The molecule has 23 heavy (non-hydrogen) atoms. The number of anilines is 1. The molecule has 0 aliphatic rings. The van der Waals surface area contributed by atoms with E-state index in [1.807, 2.05) is 24.3 Å². The Hall–Kier alpha value is -3.10. The zero-order valence-corrected chi connectivity index (χ0v) is 12.7. The molecule has 0 unspecified atom stereocenters. The van der Waals surface area contributed by atoms with Gasteiger partial charge in [-0.1, -0.05) is 29.8 Å². The molecule has 0 aliphatic carbocycles. The second kappa shape index (κ2) is 5.95. The molecule has 112 valence electrons. The zero-order chi connectivity index (χ0) is 16.4. The van der Waals surface area contributed by atoms with E-state index in [4.69, 9.17) is 17.3 Å². The van der Waals surface area contributed by atoms with E-state index in [1.54, 1.807) is 36.4 Å². The molecule has 0 amide bonds. The van der Waals surface area contributed by atoms with Crippen molar-refractivity contribution < 1.29 is 4.79 Å². The summed E-state index contributed by atoms with van der Waals surface area (Å²) >= 11 is 5.83. The second-order valence-corrected chi connectivity index (χ2v) is 5.24. The maximum absolute atomic E-state index is 12.6.